The van der Waals surface area contributed by atoms with E-state index in [1.807, 2.05) is 0 Å². The third kappa shape index (κ3) is 2.51. The van der Waals surface area contributed by atoms with Gasteiger partial charge in [-0.2, -0.15) is 0 Å². The van der Waals surface area contributed by atoms with Gasteiger partial charge in [0.1, 0.15) is 5.82 Å². The quantitative estimate of drug-likeness (QED) is 0.373. The number of rotatable bonds is 3. The molecule has 4 nitrogen and oxygen atoms in total. The topological polar surface area (TPSA) is 60.2 Å². The lowest BCUT2D eigenvalue weighted by atomic mass is 10.1. The maximum Gasteiger partial charge on any atom is 0.281 e. The molecule has 0 saturated carbocycles. The maximum atomic E-state index is 13.1. The normalized spacial score (nSPS) is 10.1. The highest BCUT2D eigenvalue weighted by Gasteiger charge is 2.22. The van der Waals surface area contributed by atoms with Gasteiger partial charge in [0.2, 0.25) is 0 Å². The van der Waals surface area contributed by atoms with Crippen molar-refractivity contribution >= 4 is 39.0 Å². The molecule has 0 aromatic heterocycles. The molecule has 0 aliphatic heterocycles. The standard InChI is InChI=1S/C8H4BrClFNO3/c9-5-2-7(12(14)15)4(1-6(5)11)8(13)3-10/h1-2H,3H2. The SMILES string of the molecule is O=C(CCl)c1cc(F)c(Br)cc1[N+](=O)[O-]. The minimum atomic E-state index is -0.760. The summed E-state index contributed by atoms with van der Waals surface area (Å²) in [6.07, 6.45) is 0. The van der Waals surface area contributed by atoms with Crippen LogP contribution >= 0.6 is 27.5 Å². The summed E-state index contributed by atoms with van der Waals surface area (Å²) in [4.78, 5) is 21.0. The summed E-state index contributed by atoms with van der Waals surface area (Å²) in [6, 6.07) is 1.74. The summed E-state index contributed by atoms with van der Waals surface area (Å²) in [6.45, 7) is 0. The Balaban J connectivity index is 3.41. The Morgan fingerprint density at radius 3 is 2.67 bits per heavy atom. The Hall–Kier alpha value is -1.01. The summed E-state index contributed by atoms with van der Waals surface area (Å²) in [5.74, 6) is -1.86. The molecule has 0 bridgehead atoms. The molecule has 0 atom stereocenters. The fourth-order valence-corrected chi connectivity index (χ4v) is 1.46. The Labute approximate surface area is 97.3 Å². The number of nitrogens with zero attached hydrogens (tertiary/aromatic N) is 1. The number of hydrogen-bond acceptors (Lipinski definition) is 3. The number of Topliss-reactive ketones (excluding diaryl/α,β-unsaturated/α-hetero) is 1. The molecule has 0 unspecified atom stereocenters. The molecule has 0 aliphatic carbocycles. The first-order valence-electron chi connectivity index (χ1n) is 3.70. The van der Waals surface area contributed by atoms with Gasteiger partial charge in [-0.1, -0.05) is 0 Å². The predicted octanol–water partition coefficient (Wildman–Crippen LogP) is 2.92. The number of ketones is 1. The summed E-state index contributed by atoms with van der Waals surface area (Å²) in [7, 11) is 0. The van der Waals surface area contributed by atoms with Gasteiger partial charge in [-0.15, -0.1) is 11.6 Å². The van der Waals surface area contributed by atoms with Crippen LogP contribution in [0, 0.1) is 15.9 Å². The number of carbonyl (C=O) groups excluding carboxylic acids is 1. The minimum Gasteiger partial charge on any atom is -0.293 e. The molecule has 0 N–H and O–H groups in total. The zero-order valence-electron chi connectivity index (χ0n) is 7.17. The number of halogens is 3. The van der Waals surface area contributed by atoms with E-state index in [4.69, 9.17) is 11.6 Å². The van der Waals surface area contributed by atoms with Gasteiger partial charge in [0.25, 0.3) is 5.69 Å². The van der Waals surface area contributed by atoms with Gasteiger partial charge in [0.15, 0.2) is 5.78 Å². The third-order valence-electron chi connectivity index (χ3n) is 1.66. The van der Waals surface area contributed by atoms with Gasteiger partial charge < -0.3 is 0 Å². The second-order valence-electron chi connectivity index (χ2n) is 2.60. The van der Waals surface area contributed by atoms with Crippen LogP contribution in [0.4, 0.5) is 10.1 Å². The monoisotopic (exact) mass is 295 g/mol. The summed E-state index contributed by atoms with van der Waals surface area (Å²) in [5, 5.41) is 10.6. The van der Waals surface area contributed by atoms with Gasteiger partial charge in [-0.05, 0) is 22.0 Å². The second kappa shape index (κ2) is 4.67. The van der Waals surface area contributed by atoms with Crippen molar-refractivity contribution in [3.05, 3.63) is 38.1 Å². The molecule has 0 heterocycles. The number of carbonyl (C=O) groups is 1. The van der Waals surface area contributed by atoms with Crippen molar-refractivity contribution in [2.24, 2.45) is 0 Å². The molecule has 0 saturated heterocycles. The molecule has 1 aromatic rings. The Kier molecular flexibility index (Phi) is 3.76. The number of alkyl halides is 1. The molecule has 0 spiro atoms. The van der Waals surface area contributed by atoms with Gasteiger partial charge in [-0.3, -0.25) is 14.9 Å². The van der Waals surface area contributed by atoms with Crippen molar-refractivity contribution < 1.29 is 14.1 Å². The lowest BCUT2D eigenvalue weighted by Gasteiger charge is -2.01. The Bertz CT molecular complexity index is 438. The molecule has 1 aromatic carbocycles. The largest absolute Gasteiger partial charge is 0.293 e. The van der Waals surface area contributed by atoms with Crippen molar-refractivity contribution in [3.8, 4) is 0 Å². The van der Waals surface area contributed by atoms with E-state index >= 15 is 0 Å². The Morgan fingerprint density at radius 2 is 2.20 bits per heavy atom. The fraction of sp³-hybridized carbons (Fsp3) is 0.125. The fourth-order valence-electron chi connectivity index (χ4n) is 0.983. The van der Waals surface area contributed by atoms with Crippen LogP contribution in [0.25, 0.3) is 0 Å². The summed E-state index contributed by atoms with van der Waals surface area (Å²) in [5.41, 5.74) is -0.787. The van der Waals surface area contributed by atoms with E-state index in [0.717, 1.165) is 12.1 Å². The zero-order valence-corrected chi connectivity index (χ0v) is 9.51. The third-order valence-corrected chi connectivity index (χ3v) is 2.51. The molecular formula is C8H4BrClFNO3. The molecule has 80 valence electrons. The predicted molar refractivity (Wildman–Crippen MR) is 55.8 cm³/mol. The van der Waals surface area contributed by atoms with E-state index in [2.05, 4.69) is 15.9 Å². The highest BCUT2D eigenvalue weighted by atomic mass is 79.9. The highest BCUT2D eigenvalue weighted by Crippen LogP contribution is 2.27. The number of nitro benzene ring substituents is 1. The first-order valence-corrected chi connectivity index (χ1v) is 5.02. The molecule has 7 heteroatoms. The molecule has 0 radical (unpaired) electrons. The Morgan fingerprint density at radius 1 is 1.60 bits per heavy atom. The van der Waals surface area contributed by atoms with E-state index < -0.39 is 28.1 Å². The van der Waals surface area contributed by atoms with Crippen LogP contribution in [-0.4, -0.2) is 16.6 Å². The van der Waals surface area contributed by atoms with Crippen molar-refractivity contribution in [1.82, 2.24) is 0 Å². The second-order valence-corrected chi connectivity index (χ2v) is 3.72. The van der Waals surface area contributed by atoms with Crippen molar-refractivity contribution in [2.75, 3.05) is 5.88 Å². The van der Waals surface area contributed by atoms with E-state index in [1.54, 1.807) is 0 Å². The van der Waals surface area contributed by atoms with Gasteiger partial charge in [0.05, 0.1) is 20.8 Å². The van der Waals surface area contributed by atoms with Crippen LogP contribution in [0.1, 0.15) is 10.4 Å². The van der Waals surface area contributed by atoms with E-state index in [9.17, 15) is 19.3 Å². The molecular weight excluding hydrogens is 292 g/mol. The van der Waals surface area contributed by atoms with Crippen molar-refractivity contribution in [2.45, 2.75) is 0 Å². The van der Waals surface area contributed by atoms with Gasteiger partial charge in [0, 0.05) is 6.07 Å². The van der Waals surface area contributed by atoms with Crippen LogP contribution in [0.2, 0.25) is 0 Å². The number of benzene rings is 1. The van der Waals surface area contributed by atoms with Crippen LogP contribution in [0.5, 0.6) is 0 Å². The van der Waals surface area contributed by atoms with Crippen LogP contribution < -0.4 is 0 Å². The smallest absolute Gasteiger partial charge is 0.281 e. The van der Waals surface area contributed by atoms with Crippen LogP contribution in [-0.2, 0) is 0 Å². The van der Waals surface area contributed by atoms with Gasteiger partial charge >= 0.3 is 0 Å². The molecule has 0 amide bonds. The number of hydrogen-bond donors (Lipinski definition) is 0. The van der Waals surface area contributed by atoms with Crippen LogP contribution in [0.3, 0.4) is 0 Å². The van der Waals surface area contributed by atoms with E-state index in [0.29, 0.717) is 0 Å². The lowest BCUT2D eigenvalue weighted by molar-refractivity contribution is -0.385. The maximum absolute atomic E-state index is 13.1. The van der Waals surface area contributed by atoms with Crippen LogP contribution in [0.15, 0.2) is 16.6 Å². The van der Waals surface area contributed by atoms with Crippen molar-refractivity contribution in [1.29, 1.82) is 0 Å². The highest BCUT2D eigenvalue weighted by molar-refractivity contribution is 9.10. The minimum absolute atomic E-state index is 0.0691. The average molecular weight is 296 g/mol. The molecule has 15 heavy (non-hydrogen) atoms. The van der Waals surface area contributed by atoms with E-state index in [1.165, 1.54) is 0 Å². The summed E-state index contributed by atoms with van der Waals surface area (Å²) < 4.78 is 13.0. The van der Waals surface area contributed by atoms with Gasteiger partial charge in [-0.25, -0.2) is 4.39 Å². The van der Waals surface area contributed by atoms with E-state index in [-0.39, 0.29) is 10.0 Å². The molecule has 0 fully saturated rings. The lowest BCUT2D eigenvalue weighted by Crippen LogP contribution is -2.06. The zero-order chi connectivity index (χ0) is 11.6. The molecule has 1 rings (SSSR count). The van der Waals surface area contributed by atoms with Crippen molar-refractivity contribution in [3.63, 3.8) is 0 Å². The first-order chi connectivity index (χ1) is 6.97. The molecule has 0 aliphatic rings. The first kappa shape index (κ1) is 12.1. The average Bonchev–Trinajstić information content (AvgIpc) is 2.20. The number of nitro groups is 1. The summed E-state index contributed by atoms with van der Waals surface area (Å²) >= 11 is 8.04.